The maximum absolute atomic E-state index is 13.3. The van der Waals surface area contributed by atoms with Crippen molar-refractivity contribution in [2.75, 3.05) is 6.66 Å². The fourth-order valence-electron chi connectivity index (χ4n) is 1.24. The largest absolute Gasteiger partial charge is 0.352 e. The molecule has 0 fully saturated rings. The van der Waals surface area contributed by atoms with Crippen LogP contribution in [0.4, 0.5) is 22.0 Å². The third-order valence-corrected chi connectivity index (χ3v) is 3.63. The molecule has 0 heterocycles. The highest BCUT2D eigenvalue weighted by atomic mass is 31.1. The van der Waals surface area contributed by atoms with Crippen molar-refractivity contribution in [3.63, 3.8) is 0 Å². The molecule has 1 aromatic carbocycles. The maximum Gasteiger partial charge on any atom is 0.200 e. The van der Waals surface area contributed by atoms with E-state index in [1.807, 2.05) is 0 Å². The molecule has 0 N–H and O–H groups in total. The molecule has 0 aromatic heterocycles. The number of halogens is 5. The first kappa shape index (κ1) is 14.3. The summed E-state index contributed by atoms with van der Waals surface area (Å²) >= 11 is 0. The van der Waals surface area contributed by atoms with Crippen molar-refractivity contribution in [3.05, 3.63) is 29.1 Å². The molecule has 1 rings (SSSR count). The van der Waals surface area contributed by atoms with Gasteiger partial charge in [0.25, 0.3) is 0 Å². The predicted octanol–water partition coefficient (Wildman–Crippen LogP) is 3.46. The summed E-state index contributed by atoms with van der Waals surface area (Å²) in [5.41, 5.74) is 0. The number of rotatable bonds is 3. The quantitative estimate of drug-likeness (QED) is 0.354. The maximum atomic E-state index is 13.3. The van der Waals surface area contributed by atoms with E-state index in [0.29, 0.717) is 0 Å². The standard InChI is InChI=1S/C10H10F5OP/c1-4(2)16-17(3)10-8(14)6(12)5(11)7(13)9(10)15/h4H,1-3H3. The van der Waals surface area contributed by atoms with Crippen molar-refractivity contribution in [1.29, 1.82) is 0 Å². The van der Waals surface area contributed by atoms with E-state index in [0.717, 1.165) is 0 Å². The molecule has 0 radical (unpaired) electrons. The molecule has 17 heavy (non-hydrogen) atoms. The Labute approximate surface area is 96.4 Å². The Hall–Kier alpha value is -0.740. The van der Waals surface area contributed by atoms with Gasteiger partial charge in [-0.2, -0.15) is 0 Å². The lowest BCUT2D eigenvalue weighted by atomic mass is 10.3. The van der Waals surface area contributed by atoms with Crippen LogP contribution in [0.25, 0.3) is 0 Å². The van der Waals surface area contributed by atoms with Crippen LogP contribution in [0.3, 0.4) is 0 Å². The summed E-state index contributed by atoms with van der Waals surface area (Å²) in [7, 11) is -1.90. The van der Waals surface area contributed by atoms with Gasteiger partial charge in [0.15, 0.2) is 23.3 Å². The second-order valence-corrected chi connectivity index (χ2v) is 5.22. The van der Waals surface area contributed by atoms with Crippen LogP contribution in [0, 0.1) is 29.1 Å². The van der Waals surface area contributed by atoms with Crippen LogP contribution in [-0.2, 0) is 4.52 Å². The first-order valence-electron chi connectivity index (χ1n) is 4.69. The monoisotopic (exact) mass is 272 g/mol. The van der Waals surface area contributed by atoms with Gasteiger partial charge < -0.3 is 4.52 Å². The molecule has 7 heteroatoms. The van der Waals surface area contributed by atoms with E-state index in [1.54, 1.807) is 13.8 Å². The molecule has 0 bridgehead atoms. The summed E-state index contributed by atoms with van der Waals surface area (Å²) in [4.78, 5) is 0. The summed E-state index contributed by atoms with van der Waals surface area (Å²) in [5, 5.41) is -0.884. The predicted molar refractivity (Wildman–Crippen MR) is 54.9 cm³/mol. The van der Waals surface area contributed by atoms with E-state index in [4.69, 9.17) is 4.52 Å². The normalized spacial score (nSPS) is 13.2. The van der Waals surface area contributed by atoms with Crippen LogP contribution in [0.5, 0.6) is 0 Å². The number of hydrogen-bond donors (Lipinski definition) is 0. The molecule has 1 aromatic rings. The Balaban J connectivity index is 3.33. The lowest BCUT2D eigenvalue weighted by Crippen LogP contribution is -2.20. The van der Waals surface area contributed by atoms with E-state index in [1.165, 1.54) is 6.66 Å². The Morgan fingerprint density at radius 1 is 0.824 bits per heavy atom. The van der Waals surface area contributed by atoms with Crippen molar-refractivity contribution in [2.24, 2.45) is 0 Å². The average molecular weight is 272 g/mol. The molecule has 1 atom stereocenters. The van der Waals surface area contributed by atoms with Gasteiger partial charge in [-0.3, -0.25) is 0 Å². The third-order valence-electron chi connectivity index (χ3n) is 1.87. The summed E-state index contributed by atoms with van der Waals surface area (Å²) in [6.45, 7) is 4.49. The fraction of sp³-hybridized carbons (Fsp3) is 0.400. The summed E-state index contributed by atoms with van der Waals surface area (Å²) < 4.78 is 70.3. The highest BCUT2D eigenvalue weighted by molar-refractivity contribution is 7.60. The second-order valence-electron chi connectivity index (χ2n) is 3.57. The van der Waals surface area contributed by atoms with Crippen molar-refractivity contribution in [3.8, 4) is 0 Å². The Bertz CT molecular complexity index is 406. The van der Waals surface area contributed by atoms with E-state index in [-0.39, 0.29) is 6.10 Å². The van der Waals surface area contributed by atoms with Gasteiger partial charge in [0.05, 0.1) is 19.6 Å². The highest BCUT2D eigenvalue weighted by Crippen LogP contribution is 2.36. The zero-order chi connectivity index (χ0) is 13.3. The lowest BCUT2D eigenvalue weighted by Gasteiger charge is -2.18. The summed E-state index contributed by atoms with van der Waals surface area (Å²) in [6.07, 6.45) is -0.374. The smallest absolute Gasteiger partial charge is 0.200 e. The topological polar surface area (TPSA) is 9.23 Å². The van der Waals surface area contributed by atoms with Crippen molar-refractivity contribution >= 4 is 13.5 Å². The Kier molecular flexibility index (Phi) is 4.44. The number of hydrogen-bond acceptors (Lipinski definition) is 1. The van der Waals surface area contributed by atoms with Crippen molar-refractivity contribution in [1.82, 2.24) is 0 Å². The molecule has 0 spiro atoms. The molecule has 96 valence electrons. The molecular formula is C10H10F5OP. The van der Waals surface area contributed by atoms with Gasteiger partial charge in [-0.15, -0.1) is 0 Å². The van der Waals surface area contributed by atoms with Crippen molar-refractivity contribution in [2.45, 2.75) is 20.0 Å². The van der Waals surface area contributed by atoms with Crippen LogP contribution in [0.2, 0.25) is 0 Å². The lowest BCUT2D eigenvalue weighted by molar-refractivity contribution is 0.274. The van der Waals surface area contributed by atoms with Gasteiger partial charge in [0.1, 0.15) is 0 Å². The molecule has 1 unspecified atom stereocenters. The molecule has 1 nitrogen and oxygen atoms in total. The Morgan fingerprint density at radius 3 is 1.53 bits per heavy atom. The molecule has 0 saturated heterocycles. The van der Waals surface area contributed by atoms with Gasteiger partial charge in [-0.25, -0.2) is 22.0 Å². The van der Waals surface area contributed by atoms with Gasteiger partial charge >= 0.3 is 0 Å². The molecule has 0 aliphatic rings. The minimum Gasteiger partial charge on any atom is -0.352 e. The van der Waals surface area contributed by atoms with Gasteiger partial charge in [0.2, 0.25) is 5.82 Å². The minimum absolute atomic E-state index is 0.374. The van der Waals surface area contributed by atoms with E-state index < -0.39 is 42.5 Å². The van der Waals surface area contributed by atoms with E-state index >= 15 is 0 Å². The molecule has 0 saturated carbocycles. The van der Waals surface area contributed by atoms with Crippen molar-refractivity contribution < 1.29 is 26.5 Å². The van der Waals surface area contributed by atoms with Crippen LogP contribution in [0.15, 0.2) is 0 Å². The first-order valence-corrected chi connectivity index (χ1v) is 6.40. The van der Waals surface area contributed by atoms with Gasteiger partial charge in [-0.1, -0.05) is 0 Å². The zero-order valence-corrected chi connectivity index (χ0v) is 10.2. The third kappa shape index (κ3) is 2.75. The van der Waals surface area contributed by atoms with Crippen LogP contribution in [0.1, 0.15) is 13.8 Å². The van der Waals surface area contributed by atoms with Crippen LogP contribution < -0.4 is 5.30 Å². The van der Waals surface area contributed by atoms with E-state index in [9.17, 15) is 22.0 Å². The summed E-state index contributed by atoms with van der Waals surface area (Å²) in [5.74, 6) is -9.69. The minimum atomic E-state index is -2.16. The van der Waals surface area contributed by atoms with E-state index in [2.05, 4.69) is 0 Å². The molecular weight excluding hydrogens is 262 g/mol. The number of benzene rings is 1. The SMILES string of the molecule is CC(C)OP(C)c1c(F)c(F)c(F)c(F)c1F. The molecule has 0 aliphatic heterocycles. The Morgan fingerprint density at radius 2 is 1.18 bits per heavy atom. The summed E-state index contributed by atoms with van der Waals surface area (Å²) in [6, 6.07) is 0. The second kappa shape index (κ2) is 5.27. The molecule has 0 aliphatic carbocycles. The van der Waals surface area contributed by atoms with Gasteiger partial charge in [-0.05, 0) is 20.5 Å². The van der Waals surface area contributed by atoms with Crippen LogP contribution in [-0.4, -0.2) is 12.8 Å². The fourth-order valence-corrected chi connectivity index (χ4v) is 2.73. The van der Waals surface area contributed by atoms with Gasteiger partial charge in [0, 0.05) is 0 Å². The molecule has 0 amide bonds. The van der Waals surface area contributed by atoms with Crippen LogP contribution >= 0.6 is 8.15 Å². The zero-order valence-electron chi connectivity index (χ0n) is 9.32. The average Bonchev–Trinajstić information content (AvgIpc) is 2.23. The first-order chi connectivity index (χ1) is 7.77. The highest BCUT2D eigenvalue weighted by Gasteiger charge is 2.29.